The van der Waals surface area contributed by atoms with Gasteiger partial charge in [0.1, 0.15) is 5.78 Å². The molecule has 0 aromatic heterocycles. The van der Waals surface area contributed by atoms with Crippen LogP contribution in [0.25, 0.3) is 0 Å². The van der Waals surface area contributed by atoms with Crippen LogP contribution in [0.4, 0.5) is 0 Å². The minimum absolute atomic E-state index is 0.0122. The van der Waals surface area contributed by atoms with Gasteiger partial charge in [0.05, 0.1) is 6.54 Å². The Bertz CT molecular complexity index is 234. The van der Waals surface area contributed by atoms with E-state index in [2.05, 4.69) is 0 Å². The third kappa shape index (κ3) is 6.37. The maximum Gasteiger partial charge on any atom is 0.246 e. The molecule has 0 aliphatic carbocycles. The summed E-state index contributed by atoms with van der Waals surface area (Å²) in [6.07, 6.45) is 3.27. The summed E-state index contributed by atoms with van der Waals surface area (Å²) in [4.78, 5) is 25.4. The molecule has 0 aliphatic rings. The average molecular weight is 198 g/mol. The Morgan fingerprint density at radius 2 is 1.79 bits per heavy atom. The van der Waals surface area contributed by atoms with E-state index in [1.807, 2.05) is 19.0 Å². The molecule has 0 aromatic rings. The Kier molecular flexibility index (Phi) is 5.79. The van der Waals surface area contributed by atoms with Crippen LogP contribution in [0.15, 0.2) is 12.2 Å². The van der Waals surface area contributed by atoms with Gasteiger partial charge >= 0.3 is 0 Å². The maximum atomic E-state index is 11.3. The van der Waals surface area contributed by atoms with E-state index in [4.69, 9.17) is 0 Å². The second kappa shape index (κ2) is 6.32. The van der Waals surface area contributed by atoms with E-state index in [1.165, 1.54) is 17.9 Å². The predicted molar refractivity (Wildman–Crippen MR) is 56.0 cm³/mol. The van der Waals surface area contributed by atoms with Crippen LogP contribution in [0.1, 0.15) is 6.92 Å². The van der Waals surface area contributed by atoms with Gasteiger partial charge in [0.15, 0.2) is 0 Å². The van der Waals surface area contributed by atoms with Gasteiger partial charge in [-0.2, -0.15) is 0 Å². The number of likely N-dealkylation sites (N-methyl/N-ethyl adjacent to an activating group) is 2. The van der Waals surface area contributed by atoms with Crippen LogP contribution in [0, 0.1) is 0 Å². The zero-order valence-corrected chi connectivity index (χ0v) is 9.28. The fourth-order valence-corrected chi connectivity index (χ4v) is 0.903. The Morgan fingerprint density at radius 3 is 2.21 bits per heavy atom. The van der Waals surface area contributed by atoms with Crippen LogP contribution in [-0.4, -0.2) is 55.7 Å². The molecule has 0 fully saturated rings. The molecule has 0 spiro atoms. The number of carbonyl (C=O) groups is 2. The Hall–Kier alpha value is -1.16. The number of carbonyl (C=O) groups excluding carboxylic acids is 2. The van der Waals surface area contributed by atoms with E-state index >= 15 is 0 Å². The first-order valence-electron chi connectivity index (χ1n) is 4.49. The monoisotopic (exact) mass is 198 g/mol. The molecule has 14 heavy (non-hydrogen) atoms. The Balaban J connectivity index is 3.94. The Morgan fingerprint density at radius 1 is 1.21 bits per heavy atom. The van der Waals surface area contributed by atoms with E-state index in [1.54, 1.807) is 13.1 Å². The smallest absolute Gasteiger partial charge is 0.246 e. The highest BCUT2D eigenvalue weighted by molar-refractivity contribution is 5.90. The zero-order chi connectivity index (χ0) is 11.1. The van der Waals surface area contributed by atoms with E-state index in [-0.39, 0.29) is 18.2 Å². The standard InChI is InChI=1S/C10H18N2O2/c1-9(13)8-12(4)10(14)6-5-7-11(2)3/h5-6H,7-8H2,1-4H3/b6-5+. The number of amides is 1. The van der Waals surface area contributed by atoms with Gasteiger partial charge in [-0.25, -0.2) is 0 Å². The average Bonchev–Trinajstić information content (AvgIpc) is 2.01. The summed E-state index contributed by atoms with van der Waals surface area (Å²) in [6.45, 7) is 2.36. The summed E-state index contributed by atoms with van der Waals surface area (Å²) in [6, 6.07) is 0. The topological polar surface area (TPSA) is 40.6 Å². The lowest BCUT2D eigenvalue weighted by Crippen LogP contribution is -2.29. The highest BCUT2D eigenvalue weighted by Gasteiger charge is 2.05. The molecule has 0 rings (SSSR count). The molecule has 0 radical (unpaired) electrons. The van der Waals surface area contributed by atoms with Crippen LogP contribution >= 0.6 is 0 Å². The molecule has 4 heteroatoms. The van der Waals surface area contributed by atoms with Crippen LogP contribution in [0.5, 0.6) is 0 Å². The SMILES string of the molecule is CC(=O)CN(C)C(=O)/C=C/CN(C)C. The summed E-state index contributed by atoms with van der Waals surface area (Å²) < 4.78 is 0. The van der Waals surface area contributed by atoms with Gasteiger partial charge in [-0.3, -0.25) is 9.59 Å². The molecule has 0 aliphatic heterocycles. The van der Waals surface area contributed by atoms with Crippen molar-refractivity contribution in [1.29, 1.82) is 0 Å². The zero-order valence-electron chi connectivity index (χ0n) is 9.28. The molecule has 0 saturated carbocycles. The summed E-state index contributed by atoms with van der Waals surface area (Å²) >= 11 is 0. The second-order valence-corrected chi connectivity index (χ2v) is 3.56. The van der Waals surface area contributed by atoms with Gasteiger partial charge in [-0.05, 0) is 21.0 Å². The van der Waals surface area contributed by atoms with Gasteiger partial charge in [-0.15, -0.1) is 0 Å². The lowest BCUT2D eigenvalue weighted by atomic mass is 10.3. The highest BCUT2D eigenvalue weighted by atomic mass is 16.2. The van der Waals surface area contributed by atoms with Crippen LogP contribution in [0.2, 0.25) is 0 Å². The molecule has 80 valence electrons. The minimum Gasteiger partial charge on any atom is -0.335 e. The van der Waals surface area contributed by atoms with Gasteiger partial charge in [0.25, 0.3) is 0 Å². The van der Waals surface area contributed by atoms with E-state index in [0.29, 0.717) is 0 Å². The normalized spacial score (nSPS) is 10.9. The number of hydrogen-bond donors (Lipinski definition) is 0. The van der Waals surface area contributed by atoms with Crippen molar-refractivity contribution in [1.82, 2.24) is 9.80 Å². The molecule has 0 saturated heterocycles. The van der Waals surface area contributed by atoms with E-state index < -0.39 is 0 Å². The first kappa shape index (κ1) is 12.8. The van der Waals surface area contributed by atoms with Gasteiger partial charge < -0.3 is 9.80 Å². The molecule has 0 heterocycles. The molecule has 0 atom stereocenters. The fraction of sp³-hybridized carbons (Fsp3) is 0.600. The van der Waals surface area contributed by atoms with Crippen LogP contribution < -0.4 is 0 Å². The van der Waals surface area contributed by atoms with Crippen molar-refractivity contribution in [3.8, 4) is 0 Å². The van der Waals surface area contributed by atoms with Crippen molar-refractivity contribution >= 4 is 11.7 Å². The van der Waals surface area contributed by atoms with Crippen molar-refractivity contribution in [3.63, 3.8) is 0 Å². The van der Waals surface area contributed by atoms with Crippen molar-refractivity contribution in [3.05, 3.63) is 12.2 Å². The van der Waals surface area contributed by atoms with E-state index in [9.17, 15) is 9.59 Å². The Labute approximate surface area is 85.2 Å². The van der Waals surface area contributed by atoms with Crippen molar-refractivity contribution in [2.24, 2.45) is 0 Å². The lowest BCUT2D eigenvalue weighted by Gasteiger charge is -2.12. The predicted octanol–water partition coefficient (Wildman–Crippen LogP) is 0.152. The summed E-state index contributed by atoms with van der Waals surface area (Å²) in [5, 5.41) is 0. The van der Waals surface area contributed by atoms with Crippen LogP contribution in [0.3, 0.4) is 0 Å². The maximum absolute atomic E-state index is 11.3. The lowest BCUT2D eigenvalue weighted by molar-refractivity contribution is -0.129. The first-order valence-corrected chi connectivity index (χ1v) is 4.49. The molecule has 0 unspecified atom stereocenters. The van der Waals surface area contributed by atoms with E-state index in [0.717, 1.165) is 6.54 Å². The summed E-state index contributed by atoms with van der Waals surface area (Å²) in [7, 11) is 5.46. The molecule has 1 amide bonds. The summed E-state index contributed by atoms with van der Waals surface area (Å²) in [5.74, 6) is -0.149. The third-order valence-corrected chi connectivity index (χ3v) is 1.57. The van der Waals surface area contributed by atoms with Crippen molar-refractivity contribution in [2.45, 2.75) is 6.92 Å². The number of rotatable bonds is 5. The number of nitrogens with zero attached hydrogens (tertiary/aromatic N) is 2. The van der Waals surface area contributed by atoms with Crippen molar-refractivity contribution in [2.75, 3.05) is 34.2 Å². The molecule has 0 aromatic carbocycles. The fourth-order valence-electron chi connectivity index (χ4n) is 0.903. The summed E-state index contributed by atoms with van der Waals surface area (Å²) in [5.41, 5.74) is 0. The van der Waals surface area contributed by atoms with Crippen LogP contribution in [-0.2, 0) is 9.59 Å². The van der Waals surface area contributed by atoms with Gasteiger partial charge in [0.2, 0.25) is 5.91 Å². The third-order valence-electron chi connectivity index (χ3n) is 1.57. The molecular formula is C10H18N2O2. The highest BCUT2D eigenvalue weighted by Crippen LogP contribution is 1.88. The first-order chi connectivity index (χ1) is 6.43. The molecule has 4 nitrogen and oxygen atoms in total. The van der Waals surface area contributed by atoms with Crippen molar-refractivity contribution < 1.29 is 9.59 Å². The number of hydrogen-bond acceptors (Lipinski definition) is 3. The van der Waals surface area contributed by atoms with Gasteiger partial charge in [-0.1, -0.05) is 6.08 Å². The molecule has 0 bridgehead atoms. The molecular weight excluding hydrogens is 180 g/mol. The van der Waals surface area contributed by atoms with Gasteiger partial charge in [0, 0.05) is 19.7 Å². The number of Topliss-reactive ketones (excluding diaryl/α,β-unsaturated/α-hetero) is 1. The quantitative estimate of drug-likeness (QED) is 0.590. The number of ketones is 1. The minimum atomic E-state index is -0.137. The molecule has 0 N–H and O–H groups in total. The second-order valence-electron chi connectivity index (χ2n) is 3.56. The largest absolute Gasteiger partial charge is 0.335 e.